The molecule has 0 heterocycles. The van der Waals surface area contributed by atoms with Gasteiger partial charge in [-0.1, -0.05) is 25.0 Å². The summed E-state index contributed by atoms with van der Waals surface area (Å²) in [4.78, 5) is 0. The van der Waals surface area contributed by atoms with Gasteiger partial charge in [-0.15, -0.1) is 6.58 Å². The third-order valence-electron chi connectivity index (χ3n) is 2.05. The number of aliphatic hydroxyl groups is 1. The molecule has 0 aromatic heterocycles. The summed E-state index contributed by atoms with van der Waals surface area (Å²) < 4.78 is 0. The fourth-order valence-electron chi connectivity index (χ4n) is 1.27. The quantitative estimate of drug-likeness (QED) is 0.624. The van der Waals surface area contributed by atoms with Gasteiger partial charge in [0.15, 0.2) is 0 Å². The van der Waals surface area contributed by atoms with E-state index in [9.17, 15) is 5.11 Å². The molecule has 1 N–H and O–H groups in total. The van der Waals surface area contributed by atoms with Crippen LogP contribution in [0.5, 0.6) is 0 Å². The summed E-state index contributed by atoms with van der Waals surface area (Å²) in [7, 11) is 0. The summed E-state index contributed by atoms with van der Waals surface area (Å²) in [5.74, 6) is 0. The Morgan fingerprint density at radius 2 is 2.08 bits per heavy atom. The summed E-state index contributed by atoms with van der Waals surface area (Å²) in [5.41, 5.74) is 2.38. The summed E-state index contributed by atoms with van der Waals surface area (Å²) >= 11 is 0. The molecular weight excluding hydrogens is 160 g/mol. The Bertz CT molecular complexity index is 178. The number of hydrogen-bond donors (Lipinski definition) is 1. The fourth-order valence-corrected chi connectivity index (χ4v) is 1.27. The van der Waals surface area contributed by atoms with Gasteiger partial charge >= 0.3 is 0 Å². The molecule has 0 amide bonds. The van der Waals surface area contributed by atoms with E-state index in [1.807, 2.05) is 13.8 Å². The van der Waals surface area contributed by atoms with E-state index in [1.54, 1.807) is 0 Å². The Balaban J connectivity index is 3.96. The largest absolute Gasteiger partial charge is 0.389 e. The van der Waals surface area contributed by atoms with E-state index in [0.29, 0.717) is 0 Å². The van der Waals surface area contributed by atoms with Gasteiger partial charge in [0.1, 0.15) is 0 Å². The topological polar surface area (TPSA) is 20.2 Å². The Morgan fingerprint density at radius 3 is 2.46 bits per heavy atom. The van der Waals surface area contributed by atoms with Crippen LogP contribution in [0.1, 0.15) is 46.5 Å². The maximum Gasteiger partial charge on any atom is 0.0721 e. The summed E-state index contributed by atoms with van der Waals surface area (Å²) in [6.07, 6.45) is 6.01. The van der Waals surface area contributed by atoms with Crippen LogP contribution in [-0.2, 0) is 0 Å². The van der Waals surface area contributed by atoms with Crippen molar-refractivity contribution >= 4 is 0 Å². The highest BCUT2D eigenvalue weighted by Gasteiger charge is 2.02. The van der Waals surface area contributed by atoms with E-state index in [2.05, 4.69) is 19.6 Å². The summed E-state index contributed by atoms with van der Waals surface area (Å²) in [6.45, 7) is 9.86. The molecule has 0 aliphatic rings. The molecule has 0 aromatic rings. The van der Waals surface area contributed by atoms with Crippen molar-refractivity contribution in [1.82, 2.24) is 0 Å². The number of rotatable bonds is 6. The van der Waals surface area contributed by atoms with Gasteiger partial charge in [-0.3, -0.25) is 0 Å². The average molecular weight is 182 g/mol. The van der Waals surface area contributed by atoms with Gasteiger partial charge in [-0.2, -0.15) is 0 Å². The lowest BCUT2D eigenvalue weighted by Crippen LogP contribution is -2.04. The normalized spacial score (nSPS) is 14.3. The van der Waals surface area contributed by atoms with Crippen molar-refractivity contribution in [2.45, 2.75) is 52.6 Å². The van der Waals surface area contributed by atoms with Gasteiger partial charge in [-0.25, -0.2) is 0 Å². The maximum atomic E-state index is 9.42. The molecule has 0 aliphatic carbocycles. The SMILES string of the molecule is C=C(C)CCC=C(CCC)C(C)O. The van der Waals surface area contributed by atoms with E-state index in [0.717, 1.165) is 25.7 Å². The van der Waals surface area contributed by atoms with E-state index >= 15 is 0 Å². The molecule has 1 atom stereocenters. The Morgan fingerprint density at radius 1 is 1.46 bits per heavy atom. The third kappa shape index (κ3) is 6.59. The smallest absolute Gasteiger partial charge is 0.0721 e. The predicted octanol–water partition coefficient (Wildman–Crippen LogP) is 3.45. The van der Waals surface area contributed by atoms with Crippen LogP contribution in [0.3, 0.4) is 0 Å². The Hall–Kier alpha value is -0.560. The first-order valence-electron chi connectivity index (χ1n) is 5.09. The van der Waals surface area contributed by atoms with Gasteiger partial charge in [0.05, 0.1) is 6.10 Å². The number of aliphatic hydroxyl groups excluding tert-OH is 1. The first-order valence-corrected chi connectivity index (χ1v) is 5.09. The first kappa shape index (κ1) is 12.4. The Labute approximate surface area is 82.2 Å². The van der Waals surface area contributed by atoms with Crippen LogP contribution in [0.4, 0.5) is 0 Å². The van der Waals surface area contributed by atoms with Gasteiger partial charge < -0.3 is 5.11 Å². The highest BCUT2D eigenvalue weighted by Crippen LogP contribution is 2.13. The minimum atomic E-state index is -0.287. The van der Waals surface area contributed by atoms with Crippen LogP contribution < -0.4 is 0 Å². The van der Waals surface area contributed by atoms with E-state index in [4.69, 9.17) is 0 Å². The van der Waals surface area contributed by atoms with Crippen LogP contribution in [0.2, 0.25) is 0 Å². The molecule has 13 heavy (non-hydrogen) atoms. The molecule has 76 valence electrons. The molecule has 0 spiro atoms. The standard InChI is InChI=1S/C12H22O/c1-5-7-12(11(4)13)9-6-8-10(2)3/h9,11,13H,2,5-8H2,1,3-4H3. The van der Waals surface area contributed by atoms with Crippen molar-refractivity contribution in [3.63, 3.8) is 0 Å². The molecular formula is C12H22O. The van der Waals surface area contributed by atoms with Crippen LogP contribution >= 0.6 is 0 Å². The summed E-state index contributed by atoms with van der Waals surface area (Å²) in [6, 6.07) is 0. The van der Waals surface area contributed by atoms with Crippen molar-refractivity contribution < 1.29 is 5.11 Å². The van der Waals surface area contributed by atoms with Crippen LogP contribution in [0, 0.1) is 0 Å². The molecule has 0 aromatic carbocycles. The molecule has 0 saturated carbocycles. The second-order valence-corrected chi connectivity index (χ2v) is 3.70. The van der Waals surface area contributed by atoms with Gasteiger partial charge in [0.2, 0.25) is 0 Å². The number of hydrogen-bond acceptors (Lipinski definition) is 1. The molecule has 1 nitrogen and oxygen atoms in total. The van der Waals surface area contributed by atoms with E-state index < -0.39 is 0 Å². The molecule has 0 fully saturated rings. The zero-order valence-electron chi connectivity index (χ0n) is 9.14. The van der Waals surface area contributed by atoms with E-state index in [-0.39, 0.29) is 6.10 Å². The van der Waals surface area contributed by atoms with E-state index in [1.165, 1.54) is 11.1 Å². The summed E-state index contributed by atoms with van der Waals surface area (Å²) in [5, 5.41) is 9.42. The highest BCUT2D eigenvalue weighted by atomic mass is 16.3. The van der Waals surface area contributed by atoms with Crippen molar-refractivity contribution in [1.29, 1.82) is 0 Å². The van der Waals surface area contributed by atoms with Crippen LogP contribution in [0.25, 0.3) is 0 Å². The molecule has 0 radical (unpaired) electrons. The minimum absolute atomic E-state index is 0.287. The van der Waals surface area contributed by atoms with Crippen molar-refractivity contribution in [3.8, 4) is 0 Å². The average Bonchev–Trinajstić information content (AvgIpc) is 2.02. The lowest BCUT2D eigenvalue weighted by Gasteiger charge is -2.09. The Kier molecular flexibility index (Phi) is 6.61. The van der Waals surface area contributed by atoms with Crippen molar-refractivity contribution in [2.75, 3.05) is 0 Å². The number of allylic oxidation sites excluding steroid dienone is 2. The maximum absolute atomic E-state index is 9.42. The van der Waals surface area contributed by atoms with Gasteiger partial charge in [-0.05, 0) is 38.7 Å². The van der Waals surface area contributed by atoms with Gasteiger partial charge in [0, 0.05) is 0 Å². The second kappa shape index (κ2) is 6.90. The van der Waals surface area contributed by atoms with Crippen LogP contribution in [0.15, 0.2) is 23.8 Å². The molecule has 0 rings (SSSR count). The van der Waals surface area contributed by atoms with Crippen LogP contribution in [-0.4, -0.2) is 11.2 Å². The molecule has 0 aliphatic heterocycles. The highest BCUT2D eigenvalue weighted by molar-refractivity contribution is 5.07. The zero-order chi connectivity index (χ0) is 10.3. The molecule has 0 saturated heterocycles. The molecule has 0 bridgehead atoms. The van der Waals surface area contributed by atoms with Gasteiger partial charge in [0.25, 0.3) is 0 Å². The van der Waals surface area contributed by atoms with Crippen molar-refractivity contribution in [2.24, 2.45) is 0 Å². The zero-order valence-corrected chi connectivity index (χ0v) is 9.14. The fraction of sp³-hybridized carbons (Fsp3) is 0.667. The third-order valence-corrected chi connectivity index (χ3v) is 2.05. The second-order valence-electron chi connectivity index (χ2n) is 3.70. The molecule has 1 unspecified atom stereocenters. The molecule has 1 heteroatoms. The van der Waals surface area contributed by atoms with Crippen molar-refractivity contribution in [3.05, 3.63) is 23.8 Å². The minimum Gasteiger partial charge on any atom is -0.389 e. The predicted molar refractivity (Wildman–Crippen MR) is 58.7 cm³/mol. The lowest BCUT2D eigenvalue weighted by atomic mass is 10.0. The lowest BCUT2D eigenvalue weighted by molar-refractivity contribution is 0.226. The first-order chi connectivity index (χ1) is 6.07. The monoisotopic (exact) mass is 182 g/mol.